The Kier molecular flexibility index (Phi) is 4.56. The number of hydrogen-bond acceptors (Lipinski definition) is 5. The van der Waals surface area contributed by atoms with Gasteiger partial charge in [-0.2, -0.15) is 5.10 Å². The number of carbonyl (C=O) groups is 1. The summed E-state index contributed by atoms with van der Waals surface area (Å²) < 4.78 is 6.92. The Morgan fingerprint density at radius 2 is 2.04 bits per heavy atom. The van der Waals surface area contributed by atoms with E-state index in [1.165, 1.54) is 0 Å². The maximum atomic E-state index is 12.2. The lowest BCUT2D eigenvalue weighted by Gasteiger charge is -2.12. The highest BCUT2D eigenvalue weighted by Crippen LogP contribution is 2.23. The molecule has 2 heterocycles. The summed E-state index contributed by atoms with van der Waals surface area (Å²) in [5.41, 5.74) is 2.34. The zero-order chi connectivity index (χ0) is 17.9. The molecule has 25 heavy (non-hydrogen) atoms. The number of amides is 1. The molecule has 3 aromatic rings. The summed E-state index contributed by atoms with van der Waals surface area (Å²) in [6, 6.07) is 11.2. The molecule has 7 heteroatoms. The molecule has 0 saturated carbocycles. The molecule has 0 radical (unpaired) electrons. The first-order valence-corrected chi connectivity index (χ1v) is 8.03. The highest BCUT2D eigenvalue weighted by atomic mass is 16.5. The second-order valence-electron chi connectivity index (χ2n) is 6.70. The monoisotopic (exact) mass is 339 g/mol. The molecule has 0 saturated heterocycles. The molecular formula is C18H21N5O2. The topological polar surface area (TPSA) is 85.0 Å². The standard InChI is InChI=1S/C18H21N5O2/c1-18(2,3)15-11-17(25-22-15)21-16(24)12-19-13-7-4-5-8-14(13)23-10-6-9-20-23/h4-11,19H,12H2,1-3H3,(H,21,24). The van der Waals surface area contributed by atoms with Gasteiger partial charge in [0.1, 0.15) is 0 Å². The molecule has 1 aromatic carbocycles. The number of nitrogens with zero attached hydrogens (tertiary/aromatic N) is 3. The van der Waals surface area contributed by atoms with E-state index in [9.17, 15) is 4.79 Å². The summed E-state index contributed by atoms with van der Waals surface area (Å²) in [5.74, 6) is 0.129. The van der Waals surface area contributed by atoms with E-state index < -0.39 is 0 Å². The smallest absolute Gasteiger partial charge is 0.246 e. The molecule has 7 nitrogen and oxygen atoms in total. The van der Waals surface area contributed by atoms with Crippen LogP contribution in [0.15, 0.2) is 53.3 Å². The van der Waals surface area contributed by atoms with Crippen LogP contribution >= 0.6 is 0 Å². The fraction of sp³-hybridized carbons (Fsp3) is 0.278. The van der Waals surface area contributed by atoms with Crippen LogP contribution in [0.1, 0.15) is 26.5 Å². The van der Waals surface area contributed by atoms with Crippen molar-refractivity contribution in [3.63, 3.8) is 0 Å². The van der Waals surface area contributed by atoms with Gasteiger partial charge in [-0.25, -0.2) is 4.68 Å². The number of benzene rings is 1. The zero-order valence-corrected chi connectivity index (χ0v) is 14.5. The zero-order valence-electron chi connectivity index (χ0n) is 14.5. The first-order chi connectivity index (χ1) is 11.9. The van der Waals surface area contributed by atoms with Gasteiger partial charge in [-0.1, -0.05) is 38.1 Å². The van der Waals surface area contributed by atoms with Crippen LogP contribution in [-0.2, 0) is 10.2 Å². The molecule has 0 aliphatic carbocycles. The van der Waals surface area contributed by atoms with Crippen molar-refractivity contribution in [1.29, 1.82) is 0 Å². The quantitative estimate of drug-likeness (QED) is 0.745. The largest absolute Gasteiger partial charge is 0.374 e. The summed E-state index contributed by atoms with van der Waals surface area (Å²) in [6.45, 7) is 6.20. The minimum atomic E-state index is -0.216. The van der Waals surface area contributed by atoms with Gasteiger partial charge < -0.3 is 9.84 Å². The Bertz CT molecular complexity index is 846. The first-order valence-electron chi connectivity index (χ1n) is 8.03. The van der Waals surface area contributed by atoms with Crippen molar-refractivity contribution in [2.45, 2.75) is 26.2 Å². The van der Waals surface area contributed by atoms with E-state index in [1.807, 2.05) is 57.3 Å². The second-order valence-corrected chi connectivity index (χ2v) is 6.70. The van der Waals surface area contributed by atoms with Gasteiger partial charge >= 0.3 is 0 Å². The van der Waals surface area contributed by atoms with E-state index in [-0.39, 0.29) is 17.9 Å². The Balaban J connectivity index is 1.63. The van der Waals surface area contributed by atoms with E-state index in [0.29, 0.717) is 5.88 Å². The van der Waals surface area contributed by atoms with Gasteiger partial charge in [0.25, 0.3) is 0 Å². The van der Waals surface area contributed by atoms with Gasteiger partial charge in [-0.15, -0.1) is 0 Å². The second kappa shape index (κ2) is 6.80. The van der Waals surface area contributed by atoms with Crippen molar-refractivity contribution in [2.24, 2.45) is 0 Å². The molecule has 2 N–H and O–H groups in total. The molecule has 0 bridgehead atoms. The van der Waals surface area contributed by atoms with Gasteiger partial charge in [-0.05, 0) is 18.2 Å². The van der Waals surface area contributed by atoms with Crippen LogP contribution in [-0.4, -0.2) is 27.4 Å². The number of aromatic nitrogens is 3. The van der Waals surface area contributed by atoms with Crippen molar-refractivity contribution < 1.29 is 9.32 Å². The van der Waals surface area contributed by atoms with Crippen LogP contribution in [0.25, 0.3) is 5.69 Å². The average Bonchev–Trinajstić information content (AvgIpc) is 3.24. The van der Waals surface area contributed by atoms with E-state index >= 15 is 0 Å². The Morgan fingerprint density at radius 3 is 2.72 bits per heavy atom. The Morgan fingerprint density at radius 1 is 1.24 bits per heavy atom. The molecule has 0 spiro atoms. The molecule has 130 valence electrons. The van der Waals surface area contributed by atoms with Crippen molar-refractivity contribution in [3.05, 3.63) is 54.5 Å². The highest BCUT2D eigenvalue weighted by molar-refractivity contribution is 5.92. The predicted octanol–water partition coefficient (Wildman–Crippen LogP) is 3.21. The van der Waals surface area contributed by atoms with Gasteiger partial charge in [-0.3, -0.25) is 10.1 Å². The summed E-state index contributed by atoms with van der Waals surface area (Å²) in [4.78, 5) is 12.2. The Hall–Kier alpha value is -3.09. The first kappa shape index (κ1) is 16.8. The fourth-order valence-electron chi connectivity index (χ4n) is 2.28. The van der Waals surface area contributed by atoms with Gasteiger partial charge in [0.05, 0.1) is 23.6 Å². The molecule has 2 aromatic heterocycles. The molecular weight excluding hydrogens is 318 g/mol. The van der Waals surface area contributed by atoms with Gasteiger partial charge in [0.15, 0.2) is 0 Å². The summed E-state index contributed by atoms with van der Waals surface area (Å²) >= 11 is 0. The molecule has 0 unspecified atom stereocenters. The van der Waals surface area contributed by atoms with Crippen LogP contribution in [0, 0.1) is 0 Å². The molecule has 1 amide bonds. The number of anilines is 2. The van der Waals surface area contributed by atoms with Gasteiger partial charge in [0, 0.05) is 23.9 Å². The molecule has 0 aliphatic rings. The summed E-state index contributed by atoms with van der Waals surface area (Å²) in [5, 5.41) is 14.0. The summed E-state index contributed by atoms with van der Waals surface area (Å²) in [7, 11) is 0. The van der Waals surface area contributed by atoms with Crippen molar-refractivity contribution >= 4 is 17.5 Å². The molecule has 0 fully saturated rings. The van der Waals surface area contributed by atoms with Crippen LogP contribution in [0.4, 0.5) is 11.6 Å². The number of hydrogen-bond donors (Lipinski definition) is 2. The SMILES string of the molecule is CC(C)(C)c1cc(NC(=O)CNc2ccccc2-n2cccn2)on1. The van der Waals surface area contributed by atoms with Crippen molar-refractivity contribution in [2.75, 3.05) is 17.2 Å². The maximum absolute atomic E-state index is 12.2. The van der Waals surface area contributed by atoms with Crippen LogP contribution in [0.3, 0.4) is 0 Å². The lowest BCUT2D eigenvalue weighted by atomic mass is 9.92. The van der Waals surface area contributed by atoms with Crippen molar-refractivity contribution in [1.82, 2.24) is 14.9 Å². The number of carbonyl (C=O) groups excluding carboxylic acids is 1. The van der Waals surface area contributed by atoms with Crippen LogP contribution in [0.2, 0.25) is 0 Å². The molecule has 0 atom stereocenters. The lowest BCUT2D eigenvalue weighted by Crippen LogP contribution is -2.22. The number of rotatable bonds is 5. The number of nitrogens with one attached hydrogen (secondary N) is 2. The Labute approximate surface area is 146 Å². The van der Waals surface area contributed by atoms with E-state index in [4.69, 9.17) is 4.52 Å². The van der Waals surface area contributed by atoms with Crippen molar-refractivity contribution in [3.8, 4) is 5.69 Å². The third-order valence-electron chi connectivity index (χ3n) is 3.64. The van der Waals surface area contributed by atoms with Gasteiger partial charge in [0.2, 0.25) is 11.8 Å². The fourth-order valence-corrected chi connectivity index (χ4v) is 2.28. The summed E-state index contributed by atoms with van der Waals surface area (Å²) in [6.07, 6.45) is 3.56. The minimum Gasteiger partial charge on any atom is -0.374 e. The van der Waals surface area contributed by atoms with E-state index in [2.05, 4.69) is 20.9 Å². The van der Waals surface area contributed by atoms with E-state index in [0.717, 1.165) is 17.1 Å². The lowest BCUT2D eigenvalue weighted by molar-refractivity contribution is -0.114. The minimum absolute atomic E-state index is 0.101. The average molecular weight is 339 g/mol. The number of para-hydroxylation sites is 2. The van der Waals surface area contributed by atoms with Crippen LogP contribution in [0.5, 0.6) is 0 Å². The molecule has 0 aliphatic heterocycles. The van der Waals surface area contributed by atoms with Crippen LogP contribution < -0.4 is 10.6 Å². The highest BCUT2D eigenvalue weighted by Gasteiger charge is 2.19. The normalized spacial score (nSPS) is 11.3. The molecule has 3 rings (SSSR count). The third kappa shape index (κ3) is 4.06. The maximum Gasteiger partial charge on any atom is 0.246 e. The predicted molar refractivity (Wildman–Crippen MR) is 95.9 cm³/mol. The van der Waals surface area contributed by atoms with E-state index in [1.54, 1.807) is 16.9 Å². The third-order valence-corrected chi connectivity index (χ3v) is 3.64.